The van der Waals surface area contributed by atoms with Crippen molar-refractivity contribution in [1.82, 2.24) is 0 Å². The third-order valence-electron chi connectivity index (χ3n) is 11.0. The molecule has 1 heteroatoms. The summed E-state index contributed by atoms with van der Waals surface area (Å²) in [5.41, 5.74) is 19.1. The van der Waals surface area contributed by atoms with Gasteiger partial charge >= 0.3 is 0 Å². The summed E-state index contributed by atoms with van der Waals surface area (Å²) in [5.74, 6) is 0. The lowest BCUT2D eigenvalue weighted by atomic mass is 9.73. The van der Waals surface area contributed by atoms with E-state index in [9.17, 15) is 0 Å². The first-order chi connectivity index (χ1) is 24.6. The molecule has 0 atom stereocenters. The lowest BCUT2D eigenvalue weighted by Gasteiger charge is -2.38. The fraction of sp³-hybridized carbons (Fsp3) is 0.0612. The molecule has 0 spiro atoms. The quantitative estimate of drug-likeness (QED) is 0.181. The van der Waals surface area contributed by atoms with Crippen molar-refractivity contribution in [3.8, 4) is 55.6 Å². The fourth-order valence-electron chi connectivity index (χ4n) is 8.77. The van der Waals surface area contributed by atoms with Crippen molar-refractivity contribution in [1.29, 1.82) is 0 Å². The highest BCUT2D eigenvalue weighted by Crippen LogP contribution is 2.62. The molecule has 0 N–H and O–H groups in total. The lowest BCUT2D eigenvalue weighted by molar-refractivity contribution is 0.661. The second-order valence-electron chi connectivity index (χ2n) is 14.0. The van der Waals surface area contributed by atoms with Gasteiger partial charge in [0.15, 0.2) is 0 Å². The lowest BCUT2D eigenvalue weighted by Crippen LogP contribution is -2.22. The van der Waals surface area contributed by atoms with Gasteiger partial charge in [-0.15, -0.1) is 0 Å². The maximum Gasteiger partial charge on any atom is 0.0625 e. The second kappa shape index (κ2) is 10.9. The first-order valence-electron chi connectivity index (χ1n) is 17.5. The van der Waals surface area contributed by atoms with E-state index in [1.54, 1.807) is 0 Å². The Labute approximate surface area is 293 Å². The van der Waals surface area contributed by atoms with Gasteiger partial charge in [-0.2, -0.15) is 0 Å². The zero-order chi connectivity index (χ0) is 33.4. The van der Waals surface area contributed by atoms with Crippen LogP contribution in [0.4, 0.5) is 17.1 Å². The molecule has 0 saturated carbocycles. The van der Waals surface area contributed by atoms with Crippen LogP contribution in [0.2, 0.25) is 0 Å². The van der Waals surface area contributed by atoms with Crippen LogP contribution in [0, 0.1) is 0 Å². The summed E-state index contributed by atoms with van der Waals surface area (Å²) in [4.78, 5) is 2.58. The number of hydrogen-bond acceptors (Lipinski definition) is 1. The van der Waals surface area contributed by atoms with Crippen molar-refractivity contribution < 1.29 is 0 Å². The number of fused-ring (bicyclic) bond motifs is 8. The molecule has 0 radical (unpaired) electrons. The summed E-state index contributed by atoms with van der Waals surface area (Å²) in [6, 6.07) is 64.6. The maximum atomic E-state index is 2.58. The van der Waals surface area contributed by atoms with Gasteiger partial charge in [0, 0.05) is 27.6 Å². The molecule has 50 heavy (non-hydrogen) atoms. The van der Waals surface area contributed by atoms with E-state index >= 15 is 0 Å². The van der Waals surface area contributed by atoms with E-state index in [1.807, 2.05) is 0 Å². The molecule has 0 aromatic heterocycles. The highest BCUT2D eigenvalue weighted by Gasteiger charge is 2.40. The molecule has 0 amide bonds. The summed E-state index contributed by atoms with van der Waals surface area (Å²) in [6.45, 7) is 4.78. The molecule has 0 unspecified atom stereocenters. The minimum absolute atomic E-state index is 0.185. The molecular weight excluding hydrogens is 603 g/mol. The van der Waals surface area contributed by atoms with Crippen LogP contribution in [0.5, 0.6) is 0 Å². The van der Waals surface area contributed by atoms with Gasteiger partial charge in [0.25, 0.3) is 0 Å². The molecule has 8 aromatic carbocycles. The van der Waals surface area contributed by atoms with Crippen LogP contribution in [0.25, 0.3) is 66.4 Å². The van der Waals surface area contributed by atoms with Gasteiger partial charge in [0.05, 0.1) is 11.4 Å². The number of nitrogens with zero attached hydrogens (tertiary/aromatic N) is 1. The van der Waals surface area contributed by atoms with Gasteiger partial charge in [-0.25, -0.2) is 0 Å². The first kappa shape index (κ1) is 28.8. The maximum absolute atomic E-state index is 2.58. The van der Waals surface area contributed by atoms with E-state index in [1.165, 1.54) is 88.9 Å². The largest absolute Gasteiger partial charge is 0.309 e. The summed E-state index contributed by atoms with van der Waals surface area (Å²) >= 11 is 0. The van der Waals surface area contributed by atoms with E-state index in [0.29, 0.717) is 0 Å². The Balaban J connectivity index is 1.31. The fourth-order valence-corrected chi connectivity index (χ4v) is 8.77. The SMILES string of the molecule is CC1(C)c2ccccc2-c2cccc(N(c3ccc(-c4ccccc4)cc3)c3c4c(c(-c5ccccc5)c5ccccc35)-c3ccccc3-4)c21. The Morgan fingerprint density at radius 1 is 0.380 bits per heavy atom. The zero-order valence-corrected chi connectivity index (χ0v) is 28.2. The molecule has 2 aliphatic carbocycles. The van der Waals surface area contributed by atoms with E-state index in [-0.39, 0.29) is 5.41 Å². The van der Waals surface area contributed by atoms with Crippen LogP contribution >= 0.6 is 0 Å². The van der Waals surface area contributed by atoms with E-state index in [2.05, 4.69) is 195 Å². The standard InChI is InChI=1S/C49H35N/c1-49(2)42-26-14-13-20-36(42)40-25-15-27-43(47(40)49)50(35-30-28-33(29-31-35)32-16-5-3-6-17-32)48-41-24-12-11-23-39(41)44(34-18-7-4-8-19-34)45-37-21-9-10-22-38(37)46(45)48/h3-31H,1-2H3. The molecule has 0 bridgehead atoms. The molecule has 0 aliphatic heterocycles. The van der Waals surface area contributed by atoms with E-state index in [4.69, 9.17) is 0 Å². The van der Waals surface area contributed by atoms with Crippen molar-refractivity contribution in [2.24, 2.45) is 0 Å². The molecule has 0 fully saturated rings. The van der Waals surface area contributed by atoms with Gasteiger partial charge in [-0.3, -0.25) is 0 Å². The molecule has 10 rings (SSSR count). The van der Waals surface area contributed by atoms with Crippen LogP contribution in [-0.2, 0) is 5.41 Å². The molecule has 2 aliphatic rings. The highest BCUT2D eigenvalue weighted by molar-refractivity contribution is 6.25. The molecule has 0 heterocycles. The Morgan fingerprint density at radius 2 is 0.920 bits per heavy atom. The monoisotopic (exact) mass is 637 g/mol. The molecule has 236 valence electrons. The van der Waals surface area contributed by atoms with Crippen molar-refractivity contribution in [3.05, 3.63) is 187 Å². The van der Waals surface area contributed by atoms with Gasteiger partial charge in [0.1, 0.15) is 0 Å². The minimum Gasteiger partial charge on any atom is -0.309 e. The first-order valence-corrected chi connectivity index (χ1v) is 17.5. The van der Waals surface area contributed by atoms with Gasteiger partial charge in [-0.05, 0) is 79.2 Å². The Morgan fingerprint density at radius 3 is 1.64 bits per heavy atom. The van der Waals surface area contributed by atoms with Gasteiger partial charge in [-0.1, -0.05) is 172 Å². The Hall–Kier alpha value is -6.18. The van der Waals surface area contributed by atoms with Crippen molar-refractivity contribution in [3.63, 3.8) is 0 Å². The van der Waals surface area contributed by atoms with E-state index < -0.39 is 0 Å². The smallest absolute Gasteiger partial charge is 0.0625 e. The summed E-state index contributed by atoms with van der Waals surface area (Å²) in [6.07, 6.45) is 0. The second-order valence-corrected chi connectivity index (χ2v) is 14.0. The van der Waals surface area contributed by atoms with Crippen LogP contribution < -0.4 is 4.90 Å². The number of benzene rings is 8. The third kappa shape index (κ3) is 4.07. The third-order valence-corrected chi connectivity index (χ3v) is 11.0. The summed E-state index contributed by atoms with van der Waals surface area (Å²) < 4.78 is 0. The van der Waals surface area contributed by atoms with Crippen LogP contribution in [0.3, 0.4) is 0 Å². The van der Waals surface area contributed by atoms with Crippen LogP contribution in [-0.4, -0.2) is 0 Å². The highest BCUT2D eigenvalue weighted by atomic mass is 15.2. The number of hydrogen-bond donors (Lipinski definition) is 0. The average molecular weight is 638 g/mol. The topological polar surface area (TPSA) is 3.24 Å². The van der Waals surface area contributed by atoms with Gasteiger partial charge in [0.2, 0.25) is 0 Å². The summed E-state index contributed by atoms with van der Waals surface area (Å²) in [5, 5.41) is 2.51. The van der Waals surface area contributed by atoms with Crippen molar-refractivity contribution in [2.75, 3.05) is 4.90 Å². The predicted molar refractivity (Wildman–Crippen MR) is 211 cm³/mol. The molecular formula is C49H35N. The normalized spacial score (nSPS) is 13.2. The van der Waals surface area contributed by atoms with Gasteiger partial charge < -0.3 is 4.90 Å². The molecule has 1 nitrogen and oxygen atoms in total. The molecule has 0 saturated heterocycles. The van der Waals surface area contributed by atoms with Crippen LogP contribution in [0.1, 0.15) is 25.0 Å². The van der Waals surface area contributed by atoms with Crippen molar-refractivity contribution in [2.45, 2.75) is 19.3 Å². The van der Waals surface area contributed by atoms with E-state index in [0.717, 1.165) is 5.69 Å². The molecule has 8 aromatic rings. The zero-order valence-electron chi connectivity index (χ0n) is 28.2. The minimum atomic E-state index is -0.185. The average Bonchev–Trinajstić information content (AvgIpc) is 3.41. The number of rotatable bonds is 5. The van der Waals surface area contributed by atoms with Crippen LogP contribution in [0.15, 0.2) is 176 Å². The number of anilines is 3. The summed E-state index contributed by atoms with van der Waals surface area (Å²) in [7, 11) is 0. The Kier molecular flexibility index (Phi) is 6.29. The predicted octanol–water partition coefficient (Wildman–Crippen LogP) is 13.6. The van der Waals surface area contributed by atoms with Crippen molar-refractivity contribution >= 4 is 27.8 Å². The Bertz CT molecular complexity index is 2600.